The summed E-state index contributed by atoms with van der Waals surface area (Å²) in [5, 5.41) is 15.1. The largest absolute Gasteiger partial charge is 0.508 e. The molecule has 11 heavy (non-hydrogen) atoms. The molecule has 3 heteroatoms. The molecule has 1 aromatic rings. The van der Waals surface area contributed by atoms with Crippen LogP contribution >= 0.6 is 0 Å². The molecule has 60 valence electrons. The number of hydrogen-bond donors (Lipinski definition) is 3. The van der Waals surface area contributed by atoms with Crippen molar-refractivity contribution in [1.82, 2.24) is 0 Å². The average molecular weight is 152 g/mol. The zero-order valence-corrected chi connectivity index (χ0v) is 6.68. The number of hydrogen-bond acceptors (Lipinski definition) is 3. The predicted molar refractivity (Wildman–Crippen MR) is 47.2 cm³/mol. The molecule has 3 N–H and O–H groups in total. The molecule has 0 saturated carbocycles. The first-order valence-electron chi connectivity index (χ1n) is 3.46. The number of phenolic OH excluding ortho intramolecular Hbond substituents is 1. The quantitative estimate of drug-likeness (QED) is 0.601. The van der Waals surface area contributed by atoms with Gasteiger partial charge < -0.3 is 15.7 Å². The second-order valence-corrected chi connectivity index (χ2v) is 2.27. The molecular formula is C8H12N2O. The van der Waals surface area contributed by atoms with E-state index in [9.17, 15) is 5.11 Å². The van der Waals surface area contributed by atoms with Crippen LogP contribution in [0.3, 0.4) is 0 Å². The van der Waals surface area contributed by atoms with Gasteiger partial charge in [-0.3, -0.25) is 0 Å². The molecule has 0 aromatic heterocycles. The van der Waals surface area contributed by atoms with Crippen molar-refractivity contribution in [2.24, 2.45) is 0 Å². The Morgan fingerprint density at radius 3 is 1.82 bits per heavy atom. The molecule has 0 aliphatic heterocycles. The molecule has 0 spiro atoms. The summed E-state index contributed by atoms with van der Waals surface area (Å²) in [6.07, 6.45) is 0. The fourth-order valence-electron chi connectivity index (χ4n) is 0.900. The Bertz CT molecular complexity index is 226. The number of benzene rings is 1. The van der Waals surface area contributed by atoms with E-state index in [1.807, 2.05) is 20.2 Å². The molecule has 0 bridgehead atoms. The second kappa shape index (κ2) is 3.14. The lowest BCUT2D eigenvalue weighted by molar-refractivity contribution is 0.476. The van der Waals surface area contributed by atoms with Crippen LogP contribution < -0.4 is 10.6 Å². The van der Waals surface area contributed by atoms with E-state index >= 15 is 0 Å². The third-order valence-electron chi connectivity index (χ3n) is 1.50. The highest BCUT2D eigenvalue weighted by Crippen LogP contribution is 2.22. The standard InChI is InChI=1S/C8H12N2O/c1-9-6-3-7(10-2)5-8(11)4-6/h3-5,9-11H,1-2H3. The van der Waals surface area contributed by atoms with Crippen molar-refractivity contribution in [2.45, 2.75) is 0 Å². The van der Waals surface area contributed by atoms with E-state index in [0.717, 1.165) is 11.4 Å². The number of aromatic hydroxyl groups is 1. The van der Waals surface area contributed by atoms with Crippen LogP contribution in [0.25, 0.3) is 0 Å². The maximum Gasteiger partial charge on any atom is 0.119 e. The Morgan fingerprint density at radius 1 is 1.00 bits per heavy atom. The molecule has 0 aliphatic rings. The van der Waals surface area contributed by atoms with Gasteiger partial charge in [0.1, 0.15) is 5.75 Å². The molecule has 3 nitrogen and oxygen atoms in total. The molecule has 0 saturated heterocycles. The molecule has 0 amide bonds. The molecule has 0 aliphatic carbocycles. The lowest BCUT2D eigenvalue weighted by Gasteiger charge is -2.04. The van der Waals surface area contributed by atoms with Gasteiger partial charge in [0.2, 0.25) is 0 Å². The van der Waals surface area contributed by atoms with E-state index in [2.05, 4.69) is 10.6 Å². The lowest BCUT2D eigenvalue weighted by atomic mass is 10.2. The first-order valence-corrected chi connectivity index (χ1v) is 3.46. The summed E-state index contributed by atoms with van der Waals surface area (Å²) in [6, 6.07) is 5.25. The zero-order chi connectivity index (χ0) is 8.27. The van der Waals surface area contributed by atoms with Crippen molar-refractivity contribution in [3.05, 3.63) is 18.2 Å². The fraction of sp³-hybridized carbons (Fsp3) is 0.250. The summed E-state index contributed by atoms with van der Waals surface area (Å²) in [4.78, 5) is 0. The summed E-state index contributed by atoms with van der Waals surface area (Å²) in [7, 11) is 3.63. The molecular weight excluding hydrogens is 140 g/mol. The van der Waals surface area contributed by atoms with Crippen LogP contribution in [-0.4, -0.2) is 19.2 Å². The van der Waals surface area contributed by atoms with E-state index < -0.39 is 0 Å². The summed E-state index contributed by atoms with van der Waals surface area (Å²) in [5.41, 5.74) is 1.80. The van der Waals surface area contributed by atoms with Gasteiger partial charge in [0, 0.05) is 37.6 Å². The van der Waals surface area contributed by atoms with Crippen molar-refractivity contribution in [3.63, 3.8) is 0 Å². The number of anilines is 2. The van der Waals surface area contributed by atoms with Crippen LogP contribution in [0, 0.1) is 0 Å². The van der Waals surface area contributed by atoms with Crippen LogP contribution in [0.1, 0.15) is 0 Å². The lowest BCUT2D eigenvalue weighted by Crippen LogP contribution is -1.91. The SMILES string of the molecule is CNc1cc(O)cc(NC)c1. The minimum atomic E-state index is 0.265. The van der Waals surface area contributed by atoms with Gasteiger partial charge in [-0.1, -0.05) is 0 Å². The summed E-state index contributed by atoms with van der Waals surface area (Å²) < 4.78 is 0. The van der Waals surface area contributed by atoms with Crippen molar-refractivity contribution in [1.29, 1.82) is 0 Å². The van der Waals surface area contributed by atoms with Crippen molar-refractivity contribution >= 4 is 11.4 Å². The molecule has 0 atom stereocenters. The summed E-state index contributed by atoms with van der Waals surface area (Å²) in [6.45, 7) is 0. The molecule has 1 rings (SSSR count). The van der Waals surface area contributed by atoms with Crippen molar-refractivity contribution in [2.75, 3.05) is 24.7 Å². The third-order valence-corrected chi connectivity index (χ3v) is 1.50. The van der Waals surface area contributed by atoms with Crippen LogP contribution in [0.5, 0.6) is 5.75 Å². The average Bonchev–Trinajstić information content (AvgIpc) is 2.03. The Kier molecular flexibility index (Phi) is 2.21. The van der Waals surface area contributed by atoms with Crippen LogP contribution in [0.2, 0.25) is 0 Å². The maximum atomic E-state index is 9.18. The first kappa shape index (κ1) is 7.72. The monoisotopic (exact) mass is 152 g/mol. The van der Waals surface area contributed by atoms with Crippen molar-refractivity contribution in [3.8, 4) is 5.75 Å². The van der Waals surface area contributed by atoms with Crippen LogP contribution in [0.4, 0.5) is 11.4 Å². The van der Waals surface area contributed by atoms with Crippen LogP contribution in [0.15, 0.2) is 18.2 Å². The number of rotatable bonds is 2. The molecule has 0 unspecified atom stereocenters. The van der Waals surface area contributed by atoms with Gasteiger partial charge in [0.05, 0.1) is 0 Å². The Balaban J connectivity index is 3.02. The van der Waals surface area contributed by atoms with E-state index in [1.165, 1.54) is 0 Å². The normalized spacial score (nSPS) is 9.27. The van der Waals surface area contributed by atoms with Gasteiger partial charge in [-0.15, -0.1) is 0 Å². The highest BCUT2D eigenvalue weighted by atomic mass is 16.3. The summed E-state index contributed by atoms with van der Waals surface area (Å²) in [5.74, 6) is 0.265. The summed E-state index contributed by atoms with van der Waals surface area (Å²) >= 11 is 0. The Hall–Kier alpha value is -1.38. The van der Waals surface area contributed by atoms with Gasteiger partial charge in [0.25, 0.3) is 0 Å². The van der Waals surface area contributed by atoms with E-state index in [1.54, 1.807) is 12.1 Å². The zero-order valence-electron chi connectivity index (χ0n) is 6.68. The second-order valence-electron chi connectivity index (χ2n) is 2.27. The number of phenols is 1. The smallest absolute Gasteiger partial charge is 0.119 e. The topological polar surface area (TPSA) is 44.3 Å². The minimum absolute atomic E-state index is 0.265. The van der Waals surface area contributed by atoms with Gasteiger partial charge in [-0.25, -0.2) is 0 Å². The Morgan fingerprint density at radius 2 is 1.45 bits per heavy atom. The maximum absolute atomic E-state index is 9.18. The fourth-order valence-corrected chi connectivity index (χ4v) is 0.900. The molecule has 0 heterocycles. The number of nitrogens with one attached hydrogen (secondary N) is 2. The molecule has 1 aromatic carbocycles. The first-order chi connectivity index (χ1) is 5.26. The van der Waals surface area contributed by atoms with Gasteiger partial charge >= 0.3 is 0 Å². The van der Waals surface area contributed by atoms with Gasteiger partial charge in [-0.05, 0) is 6.07 Å². The minimum Gasteiger partial charge on any atom is -0.508 e. The van der Waals surface area contributed by atoms with E-state index in [0.29, 0.717) is 0 Å². The third kappa shape index (κ3) is 1.77. The Labute approximate surface area is 66.1 Å². The van der Waals surface area contributed by atoms with Gasteiger partial charge in [-0.2, -0.15) is 0 Å². The van der Waals surface area contributed by atoms with Gasteiger partial charge in [0.15, 0.2) is 0 Å². The molecule has 0 fully saturated rings. The highest BCUT2D eigenvalue weighted by Gasteiger charge is 1.95. The van der Waals surface area contributed by atoms with Crippen LogP contribution in [-0.2, 0) is 0 Å². The van der Waals surface area contributed by atoms with E-state index in [4.69, 9.17) is 0 Å². The van der Waals surface area contributed by atoms with E-state index in [-0.39, 0.29) is 5.75 Å². The van der Waals surface area contributed by atoms with Crippen molar-refractivity contribution < 1.29 is 5.11 Å². The highest BCUT2D eigenvalue weighted by molar-refractivity contribution is 5.60. The predicted octanol–water partition coefficient (Wildman–Crippen LogP) is 1.48. The molecule has 0 radical (unpaired) electrons.